The second-order valence-corrected chi connectivity index (χ2v) is 2.43. The Bertz CT molecular complexity index is 49.7. The molecule has 0 amide bonds. The van der Waals surface area contributed by atoms with Gasteiger partial charge in [0.15, 0.2) is 0 Å². The molecule has 0 saturated carbocycles. The van der Waals surface area contributed by atoms with Gasteiger partial charge >= 0.3 is 0 Å². The maximum atomic E-state index is 5.42. The van der Waals surface area contributed by atoms with Crippen LogP contribution in [0.2, 0.25) is 0 Å². The lowest BCUT2D eigenvalue weighted by molar-refractivity contribution is 0.173. The van der Waals surface area contributed by atoms with Crippen molar-refractivity contribution < 1.29 is 4.18 Å². The average Bonchev–Trinajstić information content (AvgIpc) is 1.68. The smallest absolute Gasteiger partial charge is 0.0904 e. The highest BCUT2D eigenvalue weighted by molar-refractivity contribution is 7.75. The first-order valence-electron chi connectivity index (χ1n) is 2.01. The molecule has 0 aliphatic carbocycles. The number of hydrogen-bond donors (Lipinski definition) is 1. The van der Waals surface area contributed by atoms with Gasteiger partial charge in [-0.2, -0.15) is 0 Å². The highest BCUT2D eigenvalue weighted by atomic mass is 35.5. The lowest BCUT2D eigenvalue weighted by atomic mass is 10.2. The predicted octanol–water partition coefficient (Wildman–Crippen LogP) is 1.87. The Hall–Kier alpha value is 0.600. The summed E-state index contributed by atoms with van der Waals surface area (Å²) in [7, 11) is 0. The summed E-state index contributed by atoms with van der Waals surface area (Å²) in [5.41, 5.74) is -0.287. The van der Waals surface area contributed by atoms with E-state index < -0.39 is 0 Å². The quantitative estimate of drug-likeness (QED) is 0.350. The normalized spacial score (nSPS) is 12.0. The molecule has 0 atom stereocenters. The third-order valence-corrected chi connectivity index (χ3v) is 1.71. The van der Waals surface area contributed by atoms with Crippen molar-refractivity contribution >= 4 is 24.5 Å². The van der Waals surface area contributed by atoms with E-state index in [1.807, 2.05) is 13.8 Å². The van der Waals surface area contributed by atoms with Gasteiger partial charge in [0.1, 0.15) is 0 Å². The number of hydrogen-bond acceptors (Lipinski definition) is 2. The first kappa shape index (κ1) is 7.60. The largest absolute Gasteiger partial charge is 0.311 e. The van der Waals surface area contributed by atoms with E-state index in [4.69, 9.17) is 11.6 Å². The Morgan fingerprint density at radius 3 is 2.14 bits per heavy atom. The zero-order chi connectivity index (χ0) is 5.91. The molecule has 0 bridgehead atoms. The van der Waals surface area contributed by atoms with Gasteiger partial charge < -0.3 is 4.18 Å². The minimum atomic E-state index is -0.287. The van der Waals surface area contributed by atoms with Crippen LogP contribution in [0, 0.1) is 0 Å². The monoisotopic (exact) mass is 140 g/mol. The molecular formula is C4H9ClOS. The maximum absolute atomic E-state index is 5.42. The third kappa shape index (κ3) is 3.21. The molecule has 44 valence electrons. The zero-order valence-corrected chi connectivity index (χ0v) is 6.09. The minimum Gasteiger partial charge on any atom is -0.311 e. The summed E-state index contributed by atoms with van der Waals surface area (Å²) in [4.78, 5) is 0. The van der Waals surface area contributed by atoms with Gasteiger partial charge in [-0.3, -0.25) is 0 Å². The van der Waals surface area contributed by atoms with Gasteiger partial charge in [0.05, 0.1) is 11.5 Å². The fourth-order valence-electron chi connectivity index (χ4n) is 0.0244. The van der Waals surface area contributed by atoms with Crippen molar-refractivity contribution in [2.45, 2.75) is 19.4 Å². The van der Waals surface area contributed by atoms with E-state index in [2.05, 4.69) is 17.1 Å². The van der Waals surface area contributed by atoms with E-state index in [0.29, 0.717) is 5.88 Å². The summed E-state index contributed by atoms with van der Waals surface area (Å²) in [5, 5.41) is 0. The molecular weight excluding hydrogens is 132 g/mol. The van der Waals surface area contributed by atoms with Crippen molar-refractivity contribution in [3.63, 3.8) is 0 Å². The third-order valence-electron chi connectivity index (χ3n) is 0.569. The molecule has 0 rings (SSSR count). The van der Waals surface area contributed by atoms with Crippen molar-refractivity contribution in [3.8, 4) is 0 Å². The van der Waals surface area contributed by atoms with Gasteiger partial charge in [0.25, 0.3) is 0 Å². The lowest BCUT2D eigenvalue weighted by Crippen LogP contribution is -2.21. The fourth-order valence-corrected chi connectivity index (χ4v) is 0.220. The molecule has 7 heavy (non-hydrogen) atoms. The summed E-state index contributed by atoms with van der Waals surface area (Å²) in [6, 6.07) is 0. The van der Waals surface area contributed by atoms with Gasteiger partial charge in [-0.05, 0) is 26.8 Å². The van der Waals surface area contributed by atoms with Gasteiger partial charge in [-0.1, -0.05) is 0 Å². The van der Waals surface area contributed by atoms with Crippen molar-refractivity contribution in [1.29, 1.82) is 0 Å². The van der Waals surface area contributed by atoms with Crippen LogP contribution in [-0.4, -0.2) is 11.5 Å². The number of thiol groups is 1. The van der Waals surface area contributed by atoms with Crippen LogP contribution in [0.3, 0.4) is 0 Å². The lowest BCUT2D eigenvalue weighted by Gasteiger charge is -2.16. The number of halogens is 1. The summed E-state index contributed by atoms with van der Waals surface area (Å²) in [5.74, 6) is 0.469. The first-order valence-corrected chi connectivity index (χ1v) is 2.91. The molecule has 0 radical (unpaired) electrons. The second kappa shape index (κ2) is 2.80. The van der Waals surface area contributed by atoms with Crippen molar-refractivity contribution in [1.82, 2.24) is 0 Å². The Kier molecular flexibility index (Phi) is 3.04. The molecule has 0 unspecified atom stereocenters. The molecule has 0 heterocycles. The summed E-state index contributed by atoms with van der Waals surface area (Å²) in [6.07, 6.45) is 0. The number of rotatable bonds is 2. The molecule has 0 N–H and O–H groups in total. The summed E-state index contributed by atoms with van der Waals surface area (Å²) < 4.78 is 4.65. The van der Waals surface area contributed by atoms with Crippen LogP contribution in [0.25, 0.3) is 0 Å². The van der Waals surface area contributed by atoms with Gasteiger partial charge in [-0.15, -0.1) is 11.6 Å². The molecule has 1 nitrogen and oxygen atoms in total. The summed E-state index contributed by atoms with van der Waals surface area (Å²) >= 11 is 9.02. The standard InChI is InChI=1S/C4H9ClOS/c1-4(2,3-5)6-7/h7H,3H2,1-2H3. The van der Waals surface area contributed by atoms with Crippen LogP contribution in [0.15, 0.2) is 0 Å². The van der Waals surface area contributed by atoms with Crippen molar-refractivity contribution in [2.24, 2.45) is 0 Å². The van der Waals surface area contributed by atoms with Crippen LogP contribution in [0.5, 0.6) is 0 Å². The molecule has 0 aromatic rings. The van der Waals surface area contributed by atoms with E-state index >= 15 is 0 Å². The van der Waals surface area contributed by atoms with E-state index in [1.165, 1.54) is 0 Å². The van der Waals surface area contributed by atoms with E-state index in [1.54, 1.807) is 0 Å². The van der Waals surface area contributed by atoms with Crippen LogP contribution < -0.4 is 0 Å². The molecule has 0 aromatic heterocycles. The molecule has 0 aromatic carbocycles. The Balaban J connectivity index is 3.36. The van der Waals surface area contributed by atoms with Crippen LogP contribution >= 0.6 is 24.5 Å². The topological polar surface area (TPSA) is 9.23 Å². The predicted molar refractivity (Wildman–Crippen MR) is 34.9 cm³/mol. The summed E-state index contributed by atoms with van der Waals surface area (Å²) in [6.45, 7) is 3.74. The Labute approximate surface area is 54.6 Å². The van der Waals surface area contributed by atoms with Gasteiger partial charge in [0.2, 0.25) is 0 Å². The molecule has 0 aliphatic heterocycles. The van der Waals surface area contributed by atoms with E-state index in [-0.39, 0.29) is 5.60 Å². The molecule has 0 saturated heterocycles. The Morgan fingerprint density at radius 1 is 1.71 bits per heavy atom. The zero-order valence-electron chi connectivity index (χ0n) is 4.44. The first-order chi connectivity index (χ1) is 3.12. The van der Waals surface area contributed by atoms with Crippen LogP contribution in [0.1, 0.15) is 13.8 Å². The van der Waals surface area contributed by atoms with Crippen LogP contribution in [-0.2, 0) is 4.18 Å². The van der Waals surface area contributed by atoms with Crippen molar-refractivity contribution in [3.05, 3.63) is 0 Å². The highest BCUT2D eigenvalue weighted by Crippen LogP contribution is 2.11. The fraction of sp³-hybridized carbons (Fsp3) is 1.00. The highest BCUT2D eigenvalue weighted by Gasteiger charge is 2.13. The Morgan fingerprint density at radius 2 is 2.14 bits per heavy atom. The SMILES string of the molecule is CC(C)(CCl)OS. The van der Waals surface area contributed by atoms with E-state index in [0.717, 1.165) is 0 Å². The van der Waals surface area contributed by atoms with Gasteiger partial charge in [0, 0.05) is 0 Å². The molecule has 0 spiro atoms. The van der Waals surface area contributed by atoms with Gasteiger partial charge in [-0.25, -0.2) is 0 Å². The molecule has 0 aliphatic rings. The van der Waals surface area contributed by atoms with Crippen molar-refractivity contribution in [2.75, 3.05) is 5.88 Å². The molecule has 3 heteroatoms. The molecule has 0 fully saturated rings. The minimum absolute atomic E-state index is 0.287. The number of alkyl halides is 1. The second-order valence-electron chi connectivity index (χ2n) is 1.98. The van der Waals surface area contributed by atoms with E-state index in [9.17, 15) is 0 Å². The maximum Gasteiger partial charge on any atom is 0.0904 e. The van der Waals surface area contributed by atoms with Crippen LogP contribution in [0.4, 0.5) is 0 Å². The average molecular weight is 141 g/mol.